The Kier molecular flexibility index (Phi) is 4.85. The molecule has 1 heterocycles. The van der Waals surface area contributed by atoms with Crippen molar-refractivity contribution in [1.29, 1.82) is 0 Å². The lowest BCUT2D eigenvalue weighted by Gasteiger charge is -2.13. The first-order valence-corrected chi connectivity index (χ1v) is 9.94. The van der Waals surface area contributed by atoms with Gasteiger partial charge in [0.05, 0.1) is 4.91 Å². The van der Waals surface area contributed by atoms with E-state index in [0.717, 1.165) is 12.0 Å². The third-order valence-corrected chi connectivity index (χ3v) is 6.14. The van der Waals surface area contributed by atoms with Crippen LogP contribution >= 0.6 is 24.0 Å². The summed E-state index contributed by atoms with van der Waals surface area (Å²) in [4.78, 5) is 25.4. The SMILES string of the molecule is O=C(O)CCCN1C(=O)/C(=C/c2ccc3c(c2)Cc2ccccc2-3)SC1=S. The lowest BCUT2D eigenvalue weighted by Crippen LogP contribution is -2.29. The first-order chi connectivity index (χ1) is 13.0. The second-order valence-corrected chi connectivity index (χ2v) is 8.26. The number of benzene rings is 2. The van der Waals surface area contributed by atoms with Gasteiger partial charge in [-0.05, 0) is 46.7 Å². The Bertz CT molecular complexity index is 997. The molecule has 0 unspecified atom stereocenters. The van der Waals surface area contributed by atoms with Crippen molar-refractivity contribution in [3.63, 3.8) is 0 Å². The standard InChI is InChI=1S/C21H17NO3S2/c23-19(24)6-3-9-22-20(25)18(27-21(22)26)11-13-7-8-17-15(10-13)12-14-4-1-2-5-16(14)17/h1-2,4-5,7-8,10-11H,3,6,9,12H2,(H,23,24)/b18-11-. The summed E-state index contributed by atoms with van der Waals surface area (Å²) in [5.41, 5.74) is 6.11. The Morgan fingerprint density at radius 2 is 1.96 bits per heavy atom. The smallest absolute Gasteiger partial charge is 0.303 e. The summed E-state index contributed by atoms with van der Waals surface area (Å²) >= 11 is 6.57. The number of rotatable bonds is 5. The number of carboxylic acid groups (broad SMARTS) is 1. The van der Waals surface area contributed by atoms with Gasteiger partial charge in [-0.15, -0.1) is 0 Å². The molecule has 0 spiro atoms. The lowest BCUT2D eigenvalue weighted by atomic mass is 10.0. The number of nitrogens with zero attached hydrogens (tertiary/aromatic N) is 1. The second-order valence-electron chi connectivity index (χ2n) is 6.58. The quantitative estimate of drug-likeness (QED) is 0.515. The Hall–Kier alpha value is -2.44. The summed E-state index contributed by atoms with van der Waals surface area (Å²) in [6.45, 7) is 0.341. The van der Waals surface area contributed by atoms with Crippen molar-refractivity contribution in [1.82, 2.24) is 4.90 Å². The molecule has 0 saturated carbocycles. The third kappa shape index (κ3) is 3.55. The van der Waals surface area contributed by atoms with Crippen LogP contribution in [0.25, 0.3) is 17.2 Å². The Morgan fingerprint density at radius 3 is 2.78 bits per heavy atom. The van der Waals surface area contributed by atoms with E-state index in [2.05, 4.69) is 36.4 Å². The molecule has 1 aliphatic carbocycles. The van der Waals surface area contributed by atoms with Crippen LogP contribution in [-0.4, -0.2) is 32.7 Å². The number of hydrogen-bond acceptors (Lipinski definition) is 4. The van der Waals surface area contributed by atoms with Gasteiger partial charge in [-0.25, -0.2) is 0 Å². The molecule has 136 valence electrons. The number of fused-ring (bicyclic) bond motifs is 3. The number of carboxylic acids is 1. The number of amides is 1. The van der Waals surface area contributed by atoms with Crippen molar-refractivity contribution >= 4 is 46.3 Å². The minimum Gasteiger partial charge on any atom is -0.481 e. The fourth-order valence-electron chi connectivity index (χ4n) is 3.49. The van der Waals surface area contributed by atoms with Crippen LogP contribution < -0.4 is 0 Å². The fraction of sp³-hybridized carbons (Fsp3) is 0.190. The van der Waals surface area contributed by atoms with Crippen molar-refractivity contribution in [3.05, 3.63) is 64.1 Å². The maximum absolute atomic E-state index is 12.6. The van der Waals surface area contributed by atoms with Crippen molar-refractivity contribution in [3.8, 4) is 11.1 Å². The maximum Gasteiger partial charge on any atom is 0.303 e. The van der Waals surface area contributed by atoms with E-state index < -0.39 is 5.97 Å². The van der Waals surface area contributed by atoms with E-state index in [1.165, 1.54) is 38.9 Å². The first-order valence-electron chi connectivity index (χ1n) is 8.71. The van der Waals surface area contributed by atoms with Crippen LogP contribution in [0.5, 0.6) is 0 Å². The minimum absolute atomic E-state index is 0.0293. The molecule has 6 heteroatoms. The molecule has 4 nitrogen and oxygen atoms in total. The predicted octanol–water partition coefficient (Wildman–Crippen LogP) is 4.32. The van der Waals surface area contributed by atoms with E-state index in [9.17, 15) is 9.59 Å². The Labute approximate surface area is 166 Å². The highest BCUT2D eigenvalue weighted by molar-refractivity contribution is 8.26. The van der Waals surface area contributed by atoms with Gasteiger partial charge in [0.25, 0.3) is 5.91 Å². The molecule has 0 atom stereocenters. The summed E-state index contributed by atoms with van der Waals surface area (Å²) in [5.74, 6) is -1.01. The molecular weight excluding hydrogens is 378 g/mol. The van der Waals surface area contributed by atoms with Crippen LogP contribution in [0.3, 0.4) is 0 Å². The Morgan fingerprint density at radius 1 is 1.19 bits per heavy atom. The maximum atomic E-state index is 12.6. The first kappa shape index (κ1) is 17.9. The minimum atomic E-state index is -0.866. The summed E-state index contributed by atoms with van der Waals surface area (Å²) < 4.78 is 0.491. The Balaban J connectivity index is 1.53. The van der Waals surface area contributed by atoms with Gasteiger partial charge in [0, 0.05) is 13.0 Å². The van der Waals surface area contributed by atoms with Gasteiger partial charge in [0.1, 0.15) is 4.32 Å². The third-order valence-electron chi connectivity index (χ3n) is 4.76. The van der Waals surface area contributed by atoms with E-state index in [4.69, 9.17) is 17.3 Å². The molecule has 1 N–H and O–H groups in total. The van der Waals surface area contributed by atoms with E-state index in [1.54, 1.807) is 0 Å². The van der Waals surface area contributed by atoms with Gasteiger partial charge in [0.15, 0.2) is 0 Å². The largest absolute Gasteiger partial charge is 0.481 e. The molecule has 2 aromatic carbocycles. The zero-order chi connectivity index (χ0) is 19.0. The van der Waals surface area contributed by atoms with Gasteiger partial charge in [-0.2, -0.15) is 0 Å². The van der Waals surface area contributed by atoms with Gasteiger partial charge in [-0.1, -0.05) is 66.4 Å². The normalized spacial score (nSPS) is 16.7. The topological polar surface area (TPSA) is 57.6 Å². The lowest BCUT2D eigenvalue weighted by molar-refractivity contribution is -0.137. The number of hydrogen-bond donors (Lipinski definition) is 1. The number of carbonyl (C=O) groups excluding carboxylic acids is 1. The molecule has 0 aromatic heterocycles. The summed E-state index contributed by atoms with van der Waals surface area (Å²) in [7, 11) is 0. The van der Waals surface area contributed by atoms with E-state index in [1.807, 2.05) is 12.1 Å². The van der Waals surface area contributed by atoms with Crippen LogP contribution in [0.1, 0.15) is 29.5 Å². The van der Waals surface area contributed by atoms with Crippen LogP contribution in [0.4, 0.5) is 0 Å². The molecule has 4 rings (SSSR count). The number of aliphatic carboxylic acids is 1. The van der Waals surface area contributed by atoms with E-state index in [0.29, 0.717) is 22.2 Å². The van der Waals surface area contributed by atoms with Crippen LogP contribution in [0.2, 0.25) is 0 Å². The molecule has 0 bridgehead atoms. The highest BCUT2D eigenvalue weighted by Gasteiger charge is 2.31. The summed E-state index contributed by atoms with van der Waals surface area (Å²) in [5, 5.41) is 8.76. The fourth-order valence-corrected chi connectivity index (χ4v) is 4.80. The van der Waals surface area contributed by atoms with E-state index >= 15 is 0 Å². The zero-order valence-electron chi connectivity index (χ0n) is 14.5. The monoisotopic (exact) mass is 395 g/mol. The van der Waals surface area contributed by atoms with Crippen LogP contribution in [-0.2, 0) is 16.0 Å². The molecular formula is C21H17NO3S2. The number of thioether (sulfide) groups is 1. The predicted molar refractivity (Wildman–Crippen MR) is 111 cm³/mol. The summed E-state index contributed by atoms with van der Waals surface area (Å²) in [6, 6.07) is 14.7. The van der Waals surface area contributed by atoms with Crippen molar-refractivity contribution < 1.29 is 14.7 Å². The van der Waals surface area contributed by atoms with Gasteiger partial charge in [-0.3, -0.25) is 14.5 Å². The average molecular weight is 396 g/mol. The molecule has 1 amide bonds. The second kappa shape index (κ2) is 7.29. The van der Waals surface area contributed by atoms with Gasteiger partial charge >= 0.3 is 5.97 Å². The molecule has 1 aliphatic heterocycles. The van der Waals surface area contributed by atoms with Crippen LogP contribution in [0, 0.1) is 0 Å². The van der Waals surface area contributed by atoms with Gasteiger partial charge < -0.3 is 5.11 Å². The zero-order valence-corrected chi connectivity index (χ0v) is 16.1. The van der Waals surface area contributed by atoms with Crippen molar-refractivity contribution in [2.45, 2.75) is 19.3 Å². The molecule has 0 radical (unpaired) electrons. The van der Waals surface area contributed by atoms with Gasteiger partial charge in [0.2, 0.25) is 0 Å². The van der Waals surface area contributed by atoms with Crippen LogP contribution in [0.15, 0.2) is 47.4 Å². The highest BCUT2D eigenvalue weighted by atomic mass is 32.2. The average Bonchev–Trinajstić information content (AvgIpc) is 3.13. The van der Waals surface area contributed by atoms with Crippen molar-refractivity contribution in [2.24, 2.45) is 0 Å². The van der Waals surface area contributed by atoms with E-state index in [-0.39, 0.29) is 12.3 Å². The molecule has 1 fully saturated rings. The summed E-state index contributed by atoms with van der Waals surface area (Å²) in [6.07, 6.45) is 3.21. The molecule has 2 aliphatic rings. The van der Waals surface area contributed by atoms with Crippen molar-refractivity contribution in [2.75, 3.05) is 6.54 Å². The number of thiocarbonyl (C=S) groups is 1. The highest BCUT2D eigenvalue weighted by Crippen LogP contribution is 2.38. The number of carbonyl (C=O) groups is 2. The molecule has 1 saturated heterocycles. The molecule has 27 heavy (non-hydrogen) atoms. The molecule has 2 aromatic rings.